The molecule has 14 heavy (non-hydrogen) atoms. The van der Waals surface area contributed by atoms with Crippen LogP contribution in [0.15, 0.2) is 0 Å². The number of carbonyl (C=O) groups excluding carboxylic acids is 1. The van der Waals surface area contributed by atoms with Crippen molar-refractivity contribution in [3.8, 4) is 0 Å². The summed E-state index contributed by atoms with van der Waals surface area (Å²) in [6, 6.07) is 0. The molecule has 0 radical (unpaired) electrons. The predicted molar refractivity (Wildman–Crippen MR) is 58.1 cm³/mol. The molecule has 1 amide bonds. The Morgan fingerprint density at radius 1 is 1.64 bits per heavy atom. The van der Waals surface area contributed by atoms with Gasteiger partial charge in [0, 0.05) is 26.6 Å². The van der Waals surface area contributed by atoms with Crippen molar-refractivity contribution in [2.45, 2.75) is 27.2 Å². The molecule has 1 aliphatic heterocycles. The standard InChI is InChI=1S/C11H22N2O/c1-9-7-13(10(2)14)6-5-11(9,3)8-12-4/h9,12H,5-8H2,1-4H3. The Bertz CT molecular complexity index is 217. The third-order valence-corrected chi connectivity index (χ3v) is 3.66. The van der Waals surface area contributed by atoms with Crippen LogP contribution in [0.1, 0.15) is 27.2 Å². The predicted octanol–water partition coefficient (Wildman–Crippen LogP) is 1.10. The molecule has 2 unspecified atom stereocenters. The van der Waals surface area contributed by atoms with E-state index in [1.165, 1.54) is 0 Å². The van der Waals surface area contributed by atoms with Crippen LogP contribution in [0.25, 0.3) is 0 Å². The largest absolute Gasteiger partial charge is 0.343 e. The fourth-order valence-corrected chi connectivity index (χ4v) is 2.23. The lowest BCUT2D eigenvalue weighted by molar-refractivity contribution is -0.132. The van der Waals surface area contributed by atoms with Crippen LogP contribution >= 0.6 is 0 Å². The maximum absolute atomic E-state index is 11.2. The molecule has 1 heterocycles. The van der Waals surface area contributed by atoms with E-state index >= 15 is 0 Å². The van der Waals surface area contributed by atoms with Gasteiger partial charge < -0.3 is 10.2 Å². The second-order valence-electron chi connectivity index (χ2n) is 4.80. The van der Waals surface area contributed by atoms with Gasteiger partial charge in [-0.15, -0.1) is 0 Å². The number of likely N-dealkylation sites (tertiary alicyclic amines) is 1. The van der Waals surface area contributed by atoms with E-state index < -0.39 is 0 Å². The Morgan fingerprint density at radius 2 is 2.29 bits per heavy atom. The van der Waals surface area contributed by atoms with Crippen molar-refractivity contribution in [2.24, 2.45) is 11.3 Å². The Labute approximate surface area is 86.9 Å². The van der Waals surface area contributed by atoms with Crippen molar-refractivity contribution >= 4 is 5.91 Å². The Hall–Kier alpha value is -0.570. The molecule has 0 spiro atoms. The van der Waals surface area contributed by atoms with Crippen LogP contribution in [0.2, 0.25) is 0 Å². The van der Waals surface area contributed by atoms with Crippen LogP contribution in [-0.2, 0) is 4.79 Å². The number of rotatable bonds is 2. The first-order valence-corrected chi connectivity index (χ1v) is 5.40. The average molecular weight is 198 g/mol. The summed E-state index contributed by atoms with van der Waals surface area (Å²) >= 11 is 0. The molecule has 1 N–H and O–H groups in total. The van der Waals surface area contributed by atoms with Gasteiger partial charge in [-0.3, -0.25) is 4.79 Å². The van der Waals surface area contributed by atoms with Crippen molar-refractivity contribution in [3.63, 3.8) is 0 Å². The molecular weight excluding hydrogens is 176 g/mol. The third-order valence-electron chi connectivity index (χ3n) is 3.66. The fourth-order valence-electron chi connectivity index (χ4n) is 2.23. The highest BCUT2D eigenvalue weighted by Gasteiger charge is 2.36. The van der Waals surface area contributed by atoms with E-state index in [9.17, 15) is 4.79 Å². The zero-order chi connectivity index (χ0) is 10.8. The van der Waals surface area contributed by atoms with Gasteiger partial charge in [0.25, 0.3) is 0 Å². The van der Waals surface area contributed by atoms with Crippen LogP contribution in [0, 0.1) is 11.3 Å². The number of hydrogen-bond acceptors (Lipinski definition) is 2. The van der Waals surface area contributed by atoms with Gasteiger partial charge in [-0.05, 0) is 24.8 Å². The van der Waals surface area contributed by atoms with Gasteiger partial charge in [0.05, 0.1) is 0 Å². The normalized spacial score (nSPS) is 33.1. The van der Waals surface area contributed by atoms with E-state index in [1.54, 1.807) is 6.92 Å². The minimum absolute atomic E-state index is 0.211. The summed E-state index contributed by atoms with van der Waals surface area (Å²) in [5.74, 6) is 0.788. The zero-order valence-electron chi connectivity index (χ0n) is 9.76. The molecule has 0 saturated carbocycles. The van der Waals surface area contributed by atoms with Gasteiger partial charge in [0.2, 0.25) is 5.91 Å². The average Bonchev–Trinajstić information content (AvgIpc) is 2.10. The molecular formula is C11H22N2O. The lowest BCUT2D eigenvalue weighted by atomic mass is 9.72. The summed E-state index contributed by atoms with van der Waals surface area (Å²) in [5, 5.41) is 3.25. The van der Waals surface area contributed by atoms with Crippen molar-refractivity contribution < 1.29 is 4.79 Å². The molecule has 0 aromatic heterocycles. The van der Waals surface area contributed by atoms with Crippen molar-refractivity contribution in [1.29, 1.82) is 0 Å². The van der Waals surface area contributed by atoms with E-state index in [0.29, 0.717) is 11.3 Å². The summed E-state index contributed by atoms with van der Waals surface area (Å²) in [6.45, 7) is 9.08. The first kappa shape index (κ1) is 11.5. The van der Waals surface area contributed by atoms with Crippen molar-refractivity contribution in [2.75, 3.05) is 26.7 Å². The second kappa shape index (κ2) is 4.30. The monoisotopic (exact) mass is 198 g/mol. The van der Waals surface area contributed by atoms with Gasteiger partial charge in [0.1, 0.15) is 0 Å². The summed E-state index contributed by atoms with van der Waals surface area (Å²) < 4.78 is 0. The van der Waals surface area contributed by atoms with E-state index in [-0.39, 0.29) is 5.91 Å². The number of carbonyl (C=O) groups is 1. The fraction of sp³-hybridized carbons (Fsp3) is 0.909. The van der Waals surface area contributed by atoms with Crippen LogP contribution < -0.4 is 5.32 Å². The highest BCUT2D eigenvalue weighted by molar-refractivity contribution is 5.73. The molecule has 3 heteroatoms. The maximum atomic E-state index is 11.2. The topological polar surface area (TPSA) is 32.3 Å². The first-order valence-electron chi connectivity index (χ1n) is 5.40. The molecule has 1 saturated heterocycles. The number of nitrogens with zero attached hydrogens (tertiary/aromatic N) is 1. The van der Waals surface area contributed by atoms with Gasteiger partial charge >= 0.3 is 0 Å². The van der Waals surface area contributed by atoms with Crippen LogP contribution in [-0.4, -0.2) is 37.5 Å². The second-order valence-corrected chi connectivity index (χ2v) is 4.80. The molecule has 0 aromatic rings. The lowest BCUT2D eigenvalue weighted by Gasteiger charge is -2.44. The third kappa shape index (κ3) is 2.27. The Balaban J connectivity index is 2.59. The number of nitrogens with one attached hydrogen (secondary N) is 1. The van der Waals surface area contributed by atoms with Crippen molar-refractivity contribution in [3.05, 3.63) is 0 Å². The number of hydrogen-bond donors (Lipinski definition) is 1. The molecule has 1 aliphatic rings. The quantitative estimate of drug-likeness (QED) is 0.720. The van der Waals surface area contributed by atoms with E-state index in [2.05, 4.69) is 19.2 Å². The molecule has 0 aromatic carbocycles. The zero-order valence-corrected chi connectivity index (χ0v) is 9.76. The minimum atomic E-state index is 0.211. The molecule has 3 nitrogen and oxygen atoms in total. The van der Waals surface area contributed by atoms with Gasteiger partial charge in [-0.25, -0.2) is 0 Å². The van der Waals surface area contributed by atoms with Crippen LogP contribution in [0.3, 0.4) is 0 Å². The molecule has 82 valence electrons. The van der Waals surface area contributed by atoms with E-state index in [0.717, 1.165) is 26.1 Å². The van der Waals surface area contributed by atoms with Gasteiger partial charge in [-0.2, -0.15) is 0 Å². The molecule has 0 aliphatic carbocycles. The summed E-state index contributed by atoms with van der Waals surface area (Å²) in [7, 11) is 2.00. The number of piperidine rings is 1. The summed E-state index contributed by atoms with van der Waals surface area (Å²) in [6.07, 6.45) is 1.11. The van der Waals surface area contributed by atoms with Gasteiger partial charge in [-0.1, -0.05) is 13.8 Å². The SMILES string of the molecule is CNCC1(C)CCN(C(C)=O)CC1C. The minimum Gasteiger partial charge on any atom is -0.343 e. The smallest absolute Gasteiger partial charge is 0.219 e. The van der Waals surface area contributed by atoms with Gasteiger partial charge in [0.15, 0.2) is 0 Å². The highest BCUT2D eigenvalue weighted by Crippen LogP contribution is 2.35. The van der Waals surface area contributed by atoms with Crippen molar-refractivity contribution in [1.82, 2.24) is 10.2 Å². The lowest BCUT2D eigenvalue weighted by Crippen LogP contribution is -2.50. The molecule has 0 bridgehead atoms. The molecule has 2 atom stereocenters. The molecule has 1 fully saturated rings. The van der Waals surface area contributed by atoms with Crippen LogP contribution in [0.5, 0.6) is 0 Å². The summed E-state index contributed by atoms with van der Waals surface area (Å²) in [5.41, 5.74) is 0.348. The first-order chi connectivity index (χ1) is 6.49. The summed E-state index contributed by atoms with van der Waals surface area (Å²) in [4.78, 5) is 13.2. The highest BCUT2D eigenvalue weighted by atomic mass is 16.2. The Morgan fingerprint density at radius 3 is 2.71 bits per heavy atom. The van der Waals surface area contributed by atoms with Crippen LogP contribution in [0.4, 0.5) is 0 Å². The Kier molecular flexibility index (Phi) is 3.53. The van der Waals surface area contributed by atoms with E-state index in [4.69, 9.17) is 0 Å². The molecule has 1 rings (SSSR count). The maximum Gasteiger partial charge on any atom is 0.219 e. The number of amides is 1. The van der Waals surface area contributed by atoms with E-state index in [1.807, 2.05) is 11.9 Å².